The normalized spacial score (nSPS) is 24.3. The van der Waals surface area contributed by atoms with Crippen molar-refractivity contribution in [1.29, 1.82) is 0 Å². The van der Waals surface area contributed by atoms with E-state index >= 15 is 0 Å². The molecule has 1 aromatic rings. The number of hydrogen-bond acceptors (Lipinski definition) is 4. The van der Waals surface area contributed by atoms with Crippen molar-refractivity contribution in [3.05, 3.63) is 35.9 Å². The van der Waals surface area contributed by atoms with Gasteiger partial charge >= 0.3 is 0 Å². The van der Waals surface area contributed by atoms with Crippen molar-refractivity contribution in [2.24, 2.45) is 0 Å². The predicted octanol–water partition coefficient (Wildman–Crippen LogP) is 2.61. The number of amides is 1. The van der Waals surface area contributed by atoms with Crippen LogP contribution in [-0.4, -0.2) is 78.6 Å². The second-order valence-electron chi connectivity index (χ2n) is 8.01. The van der Waals surface area contributed by atoms with Crippen LogP contribution >= 0.6 is 0 Å². The van der Waals surface area contributed by atoms with Gasteiger partial charge in [-0.25, -0.2) is 0 Å². The van der Waals surface area contributed by atoms with E-state index in [0.717, 1.165) is 45.7 Å². The highest BCUT2D eigenvalue weighted by Crippen LogP contribution is 2.19. The number of carbonyl (C=O) groups is 1. The van der Waals surface area contributed by atoms with Crippen LogP contribution < -0.4 is 0 Å². The molecular weight excluding hydrogens is 338 g/mol. The smallest absolute Gasteiger partial charge is 0.236 e. The van der Waals surface area contributed by atoms with Crippen molar-refractivity contribution in [2.75, 3.05) is 45.9 Å². The van der Waals surface area contributed by atoms with Crippen LogP contribution in [0.2, 0.25) is 0 Å². The van der Waals surface area contributed by atoms with Gasteiger partial charge in [-0.15, -0.1) is 0 Å². The third kappa shape index (κ3) is 6.03. The van der Waals surface area contributed by atoms with Gasteiger partial charge in [0.2, 0.25) is 5.91 Å². The average Bonchev–Trinajstić information content (AvgIpc) is 2.68. The largest absolute Gasteiger partial charge is 0.375 e. The zero-order valence-electron chi connectivity index (χ0n) is 17.0. The molecule has 27 heavy (non-hydrogen) atoms. The minimum absolute atomic E-state index is 0.151. The lowest BCUT2D eigenvalue weighted by Gasteiger charge is -2.40. The fourth-order valence-corrected chi connectivity index (χ4v) is 4.31. The number of rotatable bonds is 7. The number of benzene rings is 1. The van der Waals surface area contributed by atoms with Gasteiger partial charge in [0.15, 0.2) is 0 Å². The molecule has 0 aromatic heterocycles. The standard InChI is InChI=1S/C22H35N3O2/c1-3-11-24(18-22(26)25-13-14-27-19(2)15-25)21-10-7-12-23(17-21)16-20-8-5-4-6-9-20/h4-6,8-9,19,21H,3,7,10-18H2,1-2H3. The van der Waals surface area contributed by atoms with E-state index in [1.54, 1.807) is 0 Å². The third-order valence-corrected chi connectivity index (χ3v) is 5.69. The van der Waals surface area contributed by atoms with E-state index in [4.69, 9.17) is 4.74 Å². The lowest BCUT2D eigenvalue weighted by molar-refractivity contribution is -0.140. The molecule has 0 saturated carbocycles. The monoisotopic (exact) mass is 373 g/mol. The molecule has 5 nitrogen and oxygen atoms in total. The summed E-state index contributed by atoms with van der Waals surface area (Å²) in [5.41, 5.74) is 1.37. The van der Waals surface area contributed by atoms with Crippen LogP contribution in [-0.2, 0) is 16.1 Å². The quantitative estimate of drug-likeness (QED) is 0.736. The Morgan fingerprint density at radius 1 is 1.22 bits per heavy atom. The molecule has 2 saturated heterocycles. The Balaban J connectivity index is 1.57. The van der Waals surface area contributed by atoms with E-state index in [-0.39, 0.29) is 12.0 Å². The summed E-state index contributed by atoms with van der Waals surface area (Å²) in [4.78, 5) is 19.8. The maximum Gasteiger partial charge on any atom is 0.236 e. The molecule has 0 radical (unpaired) electrons. The van der Waals surface area contributed by atoms with Gasteiger partial charge in [-0.1, -0.05) is 37.3 Å². The molecule has 150 valence electrons. The van der Waals surface area contributed by atoms with Crippen molar-refractivity contribution in [3.8, 4) is 0 Å². The summed E-state index contributed by atoms with van der Waals surface area (Å²) in [5.74, 6) is 0.263. The van der Waals surface area contributed by atoms with Gasteiger partial charge in [-0.2, -0.15) is 0 Å². The van der Waals surface area contributed by atoms with Crippen molar-refractivity contribution in [1.82, 2.24) is 14.7 Å². The van der Waals surface area contributed by atoms with Gasteiger partial charge in [-0.05, 0) is 44.8 Å². The van der Waals surface area contributed by atoms with Crippen LogP contribution in [0.15, 0.2) is 30.3 Å². The molecule has 1 amide bonds. The first-order valence-electron chi connectivity index (χ1n) is 10.6. The Hall–Kier alpha value is -1.43. The van der Waals surface area contributed by atoms with Crippen LogP contribution in [0.1, 0.15) is 38.7 Å². The maximum absolute atomic E-state index is 12.9. The van der Waals surface area contributed by atoms with Crippen molar-refractivity contribution in [3.63, 3.8) is 0 Å². The van der Waals surface area contributed by atoms with Crippen LogP contribution in [0.4, 0.5) is 0 Å². The van der Waals surface area contributed by atoms with Gasteiger partial charge in [0, 0.05) is 32.2 Å². The molecule has 2 heterocycles. The molecule has 0 aliphatic carbocycles. The van der Waals surface area contributed by atoms with E-state index in [2.05, 4.69) is 47.1 Å². The number of nitrogens with zero attached hydrogens (tertiary/aromatic N) is 3. The molecule has 0 N–H and O–H groups in total. The maximum atomic E-state index is 12.9. The van der Waals surface area contributed by atoms with Crippen LogP contribution in [0, 0.1) is 0 Å². The fraction of sp³-hybridized carbons (Fsp3) is 0.682. The minimum atomic E-state index is 0.151. The van der Waals surface area contributed by atoms with Crippen molar-refractivity contribution in [2.45, 2.75) is 51.8 Å². The van der Waals surface area contributed by atoms with Gasteiger partial charge in [0.05, 0.1) is 19.3 Å². The highest BCUT2D eigenvalue weighted by atomic mass is 16.5. The molecule has 2 fully saturated rings. The predicted molar refractivity (Wildman–Crippen MR) is 109 cm³/mol. The number of hydrogen-bond donors (Lipinski definition) is 0. The van der Waals surface area contributed by atoms with E-state index < -0.39 is 0 Å². The third-order valence-electron chi connectivity index (χ3n) is 5.69. The van der Waals surface area contributed by atoms with Gasteiger partial charge in [0.1, 0.15) is 0 Å². The second kappa shape index (κ2) is 10.2. The van der Waals surface area contributed by atoms with Crippen molar-refractivity contribution < 1.29 is 9.53 Å². The Morgan fingerprint density at radius 3 is 2.78 bits per heavy atom. The zero-order chi connectivity index (χ0) is 19.1. The topological polar surface area (TPSA) is 36.0 Å². The average molecular weight is 374 g/mol. The van der Waals surface area contributed by atoms with Gasteiger partial charge in [0.25, 0.3) is 0 Å². The van der Waals surface area contributed by atoms with Gasteiger partial charge < -0.3 is 9.64 Å². The summed E-state index contributed by atoms with van der Waals surface area (Å²) in [6.07, 6.45) is 3.64. The molecule has 5 heteroatoms. The molecule has 2 unspecified atom stereocenters. The van der Waals surface area contributed by atoms with Crippen LogP contribution in [0.5, 0.6) is 0 Å². The number of carbonyl (C=O) groups excluding carboxylic acids is 1. The first-order valence-corrected chi connectivity index (χ1v) is 10.6. The Bertz CT molecular complexity index is 580. The lowest BCUT2D eigenvalue weighted by Crippen LogP contribution is -2.53. The number of likely N-dealkylation sites (tertiary alicyclic amines) is 1. The second-order valence-corrected chi connectivity index (χ2v) is 8.01. The SMILES string of the molecule is CCCN(CC(=O)N1CCOC(C)C1)C1CCCN(Cc2ccccc2)C1. The van der Waals surface area contributed by atoms with E-state index in [1.807, 2.05) is 11.8 Å². The molecule has 0 bridgehead atoms. The molecule has 2 aliphatic heterocycles. The molecule has 2 atom stereocenters. The summed E-state index contributed by atoms with van der Waals surface area (Å²) >= 11 is 0. The summed E-state index contributed by atoms with van der Waals surface area (Å²) in [7, 11) is 0. The minimum Gasteiger partial charge on any atom is -0.375 e. The van der Waals surface area contributed by atoms with E-state index in [9.17, 15) is 4.79 Å². The summed E-state index contributed by atoms with van der Waals surface area (Å²) in [6.45, 7) is 11.1. The number of ether oxygens (including phenoxy) is 1. The molecule has 2 aliphatic rings. The summed E-state index contributed by atoms with van der Waals surface area (Å²) in [5, 5.41) is 0. The lowest BCUT2D eigenvalue weighted by atomic mass is 10.0. The Kier molecular flexibility index (Phi) is 7.68. The highest BCUT2D eigenvalue weighted by Gasteiger charge is 2.29. The Labute approximate surface area is 164 Å². The molecular formula is C22H35N3O2. The van der Waals surface area contributed by atoms with E-state index in [1.165, 1.54) is 18.4 Å². The summed E-state index contributed by atoms with van der Waals surface area (Å²) < 4.78 is 5.58. The fourth-order valence-electron chi connectivity index (χ4n) is 4.31. The first kappa shape index (κ1) is 20.3. The summed E-state index contributed by atoms with van der Waals surface area (Å²) in [6, 6.07) is 11.2. The zero-order valence-corrected chi connectivity index (χ0v) is 17.0. The van der Waals surface area contributed by atoms with Crippen LogP contribution in [0.25, 0.3) is 0 Å². The van der Waals surface area contributed by atoms with Crippen LogP contribution in [0.3, 0.4) is 0 Å². The molecule has 3 rings (SSSR count). The Morgan fingerprint density at radius 2 is 2.04 bits per heavy atom. The molecule has 0 spiro atoms. The number of morpholine rings is 1. The van der Waals surface area contributed by atoms with Crippen molar-refractivity contribution >= 4 is 5.91 Å². The molecule has 1 aromatic carbocycles. The first-order chi connectivity index (χ1) is 13.2. The van der Waals surface area contributed by atoms with Gasteiger partial charge in [-0.3, -0.25) is 14.6 Å². The number of piperidine rings is 1. The van der Waals surface area contributed by atoms with E-state index in [0.29, 0.717) is 19.2 Å². The highest BCUT2D eigenvalue weighted by molar-refractivity contribution is 5.78.